The van der Waals surface area contributed by atoms with Crippen LogP contribution in [0.25, 0.3) is 0 Å². The van der Waals surface area contributed by atoms with Gasteiger partial charge in [-0.05, 0) is 29.8 Å². The van der Waals surface area contributed by atoms with E-state index in [1.165, 1.54) is 18.2 Å². The molecule has 98 valence electrons. The van der Waals surface area contributed by atoms with Crippen molar-refractivity contribution >= 4 is 17.4 Å². The van der Waals surface area contributed by atoms with E-state index in [2.05, 4.69) is 0 Å². The second-order valence-corrected chi connectivity index (χ2v) is 4.37. The van der Waals surface area contributed by atoms with Crippen LogP contribution >= 0.6 is 11.6 Å². The molecule has 0 amide bonds. The van der Waals surface area contributed by atoms with Crippen LogP contribution in [0, 0.1) is 17.5 Å². The molecule has 2 aromatic carbocycles. The third kappa shape index (κ3) is 2.96. The first-order valence-corrected chi connectivity index (χ1v) is 5.78. The Bertz CT molecular complexity index is 641. The lowest BCUT2D eigenvalue weighted by Gasteiger charge is -2.05. The van der Waals surface area contributed by atoms with E-state index in [-0.39, 0.29) is 16.1 Å². The third-order valence-electron chi connectivity index (χ3n) is 2.61. The fourth-order valence-electron chi connectivity index (χ4n) is 1.66. The molecule has 0 N–H and O–H groups in total. The van der Waals surface area contributed by atoms with Crippen molar-refractivity contribution in [2.24, 2.45) is 0 Å². The summed E-state index contributed by atoms with van der Waals surface area (Å²) in [5.41, 5.74) is -0.361. The molecule has 2 rings (SSSR count). The van der Waals surface area contributed by atoms with Gasteiger partial charge in [0.2, 0.25) is 0 Å². The zero-order chi connectivity index (χ0) is 14.0. The molecule has 0 saturated carbocycles. The summed E-state index contributed by atoms with van der Waals surface area (Å²) >= 11 is 5.67. The molecule has 19 heavy (non-hydrogen) atoms. The molecule has 0 unspecified atom stereocenters. The second-order valence-electron chi connectivity index (χ2n) is 3.94. The van der Waals surface area contributed by atoms with Crippen molar-refractivity contribution in [3.63, 3.8) is 0 Å². The Morgan fingerprint density at radius 1 is 1.05 bits per heavy atom. The highest BCUT2D eigenvalue weighted by Gasteiger charge is 2.16. The van der Waals surface area contributed by atoms with Crippen LogP contribution in [-0.4, -0.2) is 5.78 Å². The predicted octanol–water partition coefficient (Wildman–Crippen LogP) is 4.18. The van der Waals surface area contributed by atoms with Crippen molar-refractivity contribution < 1.29 is 18.0 Å². The summed E-state index contributed by atoms with van der Waals surface area (Å²) in [5, 5.41) is 0.199. The molecule has 0 radical (unpaired) electrons. The number of benzene rings is 2. The topological polar surface area (TPSA) is 17.1 Å². The van der Waals surface area contributed by atoms with E-state index in [1.54, 1.807) is 0 Å². The lowest BCUT2D eigenvalue weighted by molar-refractivity contribution is 0.0988. The summed E-state index contributed by atoms with van der Waals surface area (Å²) in [6.45, 7) is 0. The van der Waals surface area contributed by atoms with Crippen LogP contribution in [0.15, 0.2) is 36.4 Å². The lowest BCUT2D eigenvalue weighted by Crippen LogP contribution is -2.08. The molecule has 0 heterocycles. The minimum Gasteiger partial charge on any atom is -0.294 e. The lowest BCUT2D eigenvalue weighted by atomic mass is 10.0. The van der Waals surface area contributed by atoms with Crippen LogP contribution in [0.4, 0.5) is 13.2 Å². The normalized spacial score (nSPS) is 10.5. The maximum Gasteiger partial charge on any atom is 0.170 e. The van der Waals surface area contributed by atoms with Crippen molar-refractivity contribution in [1.29, 1.82) is 0 Å². The number of halogens is 4. The van der Waals surface area contributed by atoms with Crippen molar-refractivity contribution in [2.45, 2.75) is 6.42 Å². The largest absolute Gasteiger partial charge is 0.294 e. The summed E-state index contributed by atoms with van der Waals surface area (Å²) in [6.07, 6.45) is -0.430. The maximum atomic E-state index is 13.5. The van der Waals surface area contributed by atoms with E-state index in [4.69, 9.17) is 11.6 Å². The molecular weight excluding hydrogens is 277 g/mol. The SMILES string of the molecule is O=C(Cc1cccc(F)c1F)c1cc(Cl)ccc1F. The summed E-state index contributed by atoms with van der Waals surface area (Å²) in [6, 6.07) is 7.03. The minimum atomic E-state index is -1.10. The smallest absolute Gasteiger partial charge is 0.170 e. The summed E-state index contributed by atoms with van der Waals surface area (Å²) in [4.78, 5) is 11.9. The van der Waals surface area contributed by atoms with Gasteiger partial charge >= 0.3 is 0 Å². The van der Waals surface area contributed by atoms with Gasteiger partial charge in [0, 0.05) is 11.4 Å². The van der Waals surface area contributed by atoms with Gasteiger partial charge in [-0.15, -0.1) is 0 Å². The number of hydrogen-bond acceptors (Lipinski definition) is 1. The molecule has 0 aliphatic carbocycles. The van der Waals surface area contributed by atoms with Gasteiger partial charge in [0.25, 0.3) is 0 Å². The quantitative estimate of drug-likeness (QED) is 0.773. The van der Waals surface area contributed by atoms with Gasteiger partial charge in [0.15, 0.2) is 17.4 Å². The molecule has 0 bridgehead atoms. The Labute approximate surface area is 112 Å². The van der Waals surface area contributed by atoms with Gasteiger partial charge in [-0.1, -0.05) is 23.7 Å². The Kier molecular flexibility index (Phi) is 3.90. The van der Waals surface area contributed by atoms with Gasteiger partial charge in [0.05, 0.1) is 5.56 Å². The molecule has 0 aliphatic rings. The van der Waals surface area contributed by atoms with E-state index in [9.17, 15) is 18.0 Å². The van der Waals surface area contributed by atoms with E-state index >= 15 is 0 Å². The number of ketones is 1. The Balaban J connectivity index is 2.31. The monoisotopic (exact) mass is 284 g/mol. The van der Waals surface area contributed by atoms with Crippen LogP contribution in [0.5, 0.6) is 0 Å². The van der Waals surface area contributed by atoms with Gasteiger partial charge in [-0.2, -0.15) is 0 Å². The van der Waals surface area contributed by atoms with Crippen molar-refractivity contribution in [3.8, 4) is 0 Å². The predicted molar refractivity (Wildman–Crippen MR) is 65.8 cm³/mol. The fourth-order valence-corrected chi connectivity index (χ4v) is 1.84. The average molecular weight is 285 g/mol. The number of carbonyl (C=O) groups excluding carboxylic acids is 1. The first kappa shape index (κ1) is 13.6. The second kappa shape index (κ2) is 5.45. The van der Waals surface area contributed by atoms with Crippen LogP contribution in [0.2, 0.25) is 5.02 Å². The molecule has 1 nitrogen and oxygen atoms in total. The van der Waals surface area contributed by atoms with E-state index in [0.717, 1.165) is 18.2 Å². The number of rotatable bonds is 3. The van der Waals surface area contributed by atoms with Crippen molar-refractivity contribution in [1.82, 2.24) is 0 Å². The third-order valence-corrected chi connectivity index (χ3v) is 2.85. The molecule has 0 aliphatic heterocycles. The molecule has 2 aromatic rings. The van der Waals surface area contributed by atoms with Crippen LogP contribution < -0.4 is 0 Å². The Hall–Kier alpha value is -1.81. The van der Waals surface area contributed by atoms with Crippen molar-refractivity contribution in [3.05, 3.63) is 70.0 Å². The molecule has 0 saturated heterocycles. The standard InChI is InChI=1S/C14H8ClF3O/c15-9-4-5-11(16)10(7-9)13(19)6-8-2-1-3-12(17)14(8)18/h1-5,7H,6H2. The first-order chi connectivity index (χ1) is 8.99. The van der Waals surface area contributed by atoms with Crippen LogP contribution in [0.3, 0.4) is 0 Å². The minimum absolute atomic E-state index is 0.121. The highest BCUT2D eigenvalue weighted by atomic mass is 35.5. The van der Waals surface area contributed by atoms with Gasteiger partial charge in [0.1, 0.15) is 5.82 Å². The van der Waals surface area contributed by atoms with Gasteiger partial charge in [-0.3, -0.25) is 4.79 Å². The average Bonchev–Trinajstić information content (AvgIpc) is 2.38. The van der Waals surface area contributed by atoms with Crippen LogP contribution in [0.1, 0.15) is 15.9 Å². The molecule has 0 fully saturated rings. The number of Topliss-reactive ketones (excluding diaryl/α,β-unsaturated/α-hetero) is 1. The van der Waals surface area contributed by atoms with Gasteiger partial charge in [-0.25, -0.2) is 13.2 Å². The Morgan fingerprint density at radius 3 is 2.53 bits per heavy atom. The summed E-state index contributed by atoms with van der Waals surface area (Å²) < 4.78 is 39.9. The molecule has 0 aromatic heterocycles. The first-order valence-electron chi connectivity index (χ1n) is 5.40. The maximum absolute atomic E-state index is 13.5. The zero-order valence-electron chi connectivity index (χ0n) is 9.59. The van der Waals surface area contributed by atoms with Gasteiger partial charge < -0.3 is 0 Å². The highest BCUT2D eigenvalue weighted by molar-refractivity contribution is 6.31. The highest BCUT2D eigenvalue weighted by Crippen LogP contribution is 2.19. The molecule has 0 spiro atoms. The van der Waals surface area contributed by atoms with Crippen molar-refractivity contribution in [2.75, 3.05) is 0 Å². The molecular formula is C14H8ClF3O. The summed E-state index contributed by atoms with van der Waals surface area (Å²) in [7, 11) is 0. The van der Waals surface area contributed by atoms with E-state index in [1.807, 2.05) is 0 Å². The van der Waals surface area contributed by atoms with Crippen LogP contribution in [-0.2, 0) is 6.42 Å². The van der Waals surface area contributed by atoms with E-state index < -0.39 is 29.7 Å². The molecule has 5 heteroatoms. The number of carbonyl (C=O) groups is 1. The zero-order valence-corrected chi connectivity index (χ0v) is 10.3. The fraction of sp³-hybridized carbons (Fsp3) is 0.0714. The Morgan fingerprint density at radius 2 is 1.79 bits per heavy atom. The summed E-state index contributed by atoms with van der Waals surface area (Å²) in [5.74, 6) is -3.55. The van der Waals surface area contributed by atoms with E-state index in [0.29, 0.717) is 0 Å². The molecule has 0 atom stereocenters. The number of hydrogen-bond donors (Lipinski definition) is 0.